The van der Waals surface area contributed by atoms with Crippen LogP contribution in [0.15, 0.2) is 48.8 Å². The number of anilines is 1. The molecule has 1 aliphatic rings. The van der Waals surface area contributed by atoms with E-state index in [4.69, 9.17) is 0 Å². The molecule has 2 heterocycles. The minimum atomic E-state index is -0.888. The average molecular weight is 368 g/mol. The topological polar surface area (TPSA) is 58.1 Å². The van der Waals surface area contributed by atoms with Gasteiger partial charge in [-0.1, -0.05) is 0 Å². The third kappa shape index (κ3) is 3.72. The molecule has 0 unspecified atom stereocenters. The number of carbonyl (C=O) groups is 1. The number of nitrogens with one attached hydrogen (secondary N) is 1. The lowest BCUT2D eigenvalue weighted by atomic mass is 10.0. The van der Waals surface area contributed by atoms with Crippen molar-refractivity contribution in [3.63, 3.8) is 0 Å². The van der Waals surface area contributed by atoms with Crippen molar-refractivity contribution in [3.8, 4) is 0 Å². The van der Waals surface area contributed by atoms with Gasteiger partial charge >= 0.3 is 0 Å². The van der Waals surface area contributed by atoms with Gasteiger partial charge in [0.2, 0.25) is 0 Å². The summed E-state index contributed by atoms with van der Waals surface area (Å²) < 4.78 is 26.5. The van der Waals surface area contributed by atoms with Gasteiger partial charge in [0.1, 0.15) is 0 Å². The molecule has 1 aromatic heterocycles. The number of carbonyl (C=O) groups excluding carboxylic acids is 1. The molecule has 27 heavy (non-hydrogen) atoms. The van der Waals surface area contributed by atoms with E-state index in [1.165, 1.54) is 6.07 Å². The van der Waals surface area contributed by atoms with E-state index in [2.05, 4.69) is 15.3 Å². The lowest BCUT2D eigenvalue weighted by Gasteiger charge is -2.33. The molecule has 3 aromatic rings. The predicted octanol–water partition coefficient (Wildman–Crippen LogP) is 3.62. The van der Waals surface area contributed by atoms with Crippen molar-refractivity contribution in [2.75, 3.05) is 18.4 Å². The van der Waals surface area contributed by atoms with Gasteiger partial charge in [0.15, 0.2) is 11.6 Å². The van der Waals surface area contributed by atoms with Gasteiger partial charge in [0.25, 0.3) is 5.91 Å². The Bertz CT molecular complexity index is 995. The summed E-state index contributed by atoms with van der Waals surface area (Å²) in [6.07, 6.45) is 4.90. The number of nitrogens with zero attached hydrogens (tertiary/aromatic N) is 3. The smallest absolute Gasteiger partial charge is 0.254 e. The fourth-order valence-electron chi connectivity index (χ4n) is 3.38. The molecule has 1 aliphatic heterocycles. The van der Waals surface area contributed by atoms with Crippen LogP contribution >= 0.6 is 0 Å². The average Bonchev–Trinajstić information content (AvgIpc) is 2.70. The van der Waals surface area contributed by atoms with Gasteiger partial charge in [-0.2, -0.15) is 0 Å². The summed E-state index contributed by atoms with van der Waals surface area (Å²) in [7, 11) is 0. The maximum atomic E-state index is 13.4. The van der Waals surface area contributed by atoms with Gasteiger partial charge in [-0.15, -0.1) is 0 Å². The van der Waals surface area contributed by atoms with Crippen LogP contribution in [0.25, 0.3) is 11.0 Å². The zero-order valence-corrected chi connectivity index (χ0v) is 14.5. The largest absolute Gasteiger partial charge is 0.380 e. The lowest BCUT2D eigenvalue weighted by Crippen LogP contribution is -2.45. The quantitative estimate of drug-likeness (QED) is 0.767. The van der Waals surface area contributed by atoms with E-state index in [9.17, 15) is 13.6 Å². The minimum absolute atomic E-state index is 0.0205. The maximum absolute atomic E-state index is 13.4. The monoisotopic (exact) mass is 368 g/mol. The molecule has 0 saturated carbocycles. The SMILES string of the molecule is O=C(c1ccc2nccnc2c1)N1CCC[C@H](Nc2ccc(F)c(F)c2)C1. The number of amides is 1. The summed E-state index contributed by atoms with van der Waals surface area (Å²) in [6.45, 7) is 1.16. The summed E-state index contributed by atoms with van der Waals surface area (Å²) >= 11 is 0. The van der Waals surface area contributed by atoms with Crippen LogP contribution in [0.5, 0.6) is 0 Å². The van der Waals surface area contributed by atoms with Gasteiger partial charge in [-0.25, -0.2) is 8.78 Å². The predicted molar refractivity (Wildman–Crippen MR) is 98.4 cm³/mol. The molecule has 0 aliphatic carbocycles. The Labute approximate surface area is 155 Å². The molecule has 0 bridgehead atoms. The van der Waals surface area contributed by atoms with Gasteiger partial charge in [-0.05, 0) is 43.2 Å². The zero-order chi connectivity index (χ0) is 18.8. The van der Waals surface area contributed by atoms with Crippen LogP contribution in [0.1, 0.15) is 23.2 Å². The molecule has 7 heteroatoms. The Morgan fingerprint density at radius 2 is 1.85 bits per heavy atom. The highest BCUT2D eigenvalue weighted by molar-refractivity contribution is 5.97. The number of hydrogen-bond acceptors (Lipinski definition) is 4. The van der Waals surface area contributed by atoms with E-state index < -0.39 is 11.6 Å². The molecule has 1 fully saturated rings. The van der Waals surface area contributed by atoms with Gasteiger partial charge in [-0.3, -0.25) is 14.8 Å². The van der Waals surface area contributed by atoms with E-state index in [-0.39, 0.29) is 11.9 Å². The second-order valence-corrected chi connectivity index (χ2v) is 6.62. The number of aromatic nitrogens is 2. The molecular formula is C20H18F2N4O. The fourth-order valence-corrected chi connectivity index (χ4v) is 3.38. The van der Waals surface area contributed by atoms with Crippen LogP contribution < -0.4 is 5.32 Å². The Morgan fingerprint density at radius 3 is 2.67 bits per heavy atom. The normalized spacial score (nSPS) is 17.1. The zero-order valence-electron chi connectivity index (χ0n) is 14.5. The molecule has 1 N–H and O–H groups in total. The van der Waals surface area contributed by atoms with Crippen molar-refractivity contribution >= 4 is 22.6 Å². The van der Waals surface area contributed by atoms with Crippen LogP contribution in [0.4, 0.5) is 14.5 Å². The summed E-state index contributed by atoms with van der Waals surface area (Å²) in [4.78, 5) is 23.1. The van der Waals surface area contributed by atoms with Gasteiger partial charge < -0.3 is 10.2 Å². The number of likely N-dealkylation sites (tertiary alicyclic amines) is 1. The van der Waals surface area contributed by atoms with Crippen molar-refractivity contribution in [3.05, 3.63) is 66.0 Å². The summed E-state index contributed by atoms with van der Waals surface area (Å²) in [5.74, 6) is -1.83. The van der Waals surface area contributed by atoms with Gasteiger partial charge in [0.05, 0.1) is 11.0 Å². The fraction of sp³-hybridized carbons (Fsp3) is 0.250. The molecular weight excluding hydrogens is 350 g/mol. The first kappa shape index (κ1) is 17.3. The third-order valence-corrected chi connectivity index (χ3v) is 4.72. The maximum Gasteiger partial charge on any atom is 0.254 e. The first-order valence-electron chi connectivity index (χ1n) is 8.82. The standard InChI is InChI=1S/C20H18F2N4O/c21-16-5-4-14(11-17(16)22)25-15-2-1-9-26(12-15)20(27)13-3-6-18-19(10-13)24-8-7-23-18/h3-8,10-11,15,25H,1-2,9,12H2/t15-/m0/s1. The Balaban J connectivity index is 1.48. The third-order valence-electron chi connectivity index (χ3n) is 4.72. The molecule has 0 radical (unpaired) electrons. The van der Waals surface area contributed by atoms with Crippen molar-refractivity contribution in [2.45, 2.75) is 18.9 Å². The van der Waals surface area contributed by atoms with Crippen molar-refractivity contribution in [1.82, 2.24) is 14.9 Å². The second kappa shape index (κ2) is 7.26. The second-order valence-electron chi connectivity index (χ2n) is 6.62. The molecule has 2 aromatic carbocycles. The van der Waals surface area contributed by atoms with E-state index in [1.807, 2.05) is 0 Å². The molecule has 138 valence electrons. The lowest BCUT2D eigenvalue weighted by molar-refractivity contribution is 0.0715. The minimum Gasteiger partial charge on any atom is -0.380 e. The van der Waals surface area contributed by atoms with Crippen LogP contribution in [-0.4, -0.2) is 39.9 Å². The number of rotatable bonds is 3. The number of benzene rings is 2. The van der Waals surface area contributed by atoms with Crippen molar-refractivity contribution < 1.29 is 13.6 Å². The highest BCUT2D eigenvalue weighted by atomic mass is 19.2. The Morgan fingerprint density at radius 1 is 1.04 bits per heavy atom. The van der Waals surface area contributed by atoms with Crippen molar-refractivity contribution in [1.29, 1.82) is 0 Å². The van der Waals surface area contributed by atoms with Crippen molar-refractivity contribution in [2.24, 2.45) is 0 Å². The van der Waals surface area contributed by atoms with E-state index >= 15 is 0 Å². The highest BCUT2D eigenvalue weighted by Gasteiger charge is 2.25. The molecule has 1 saturated heterocycles. The first-order valence-corrected chi connectivity index (χ1v) is 8.82. The number of fused-ring (bicyclic) bond motifs is 1. The van der Waals surface area contributed by atoms with Gasteiger partial charge in [0, 0.05) is 48.8 Å². The van der Waals surface area contributed by atoms with Crippen LogP contribution in [0, 0.1) is 11.6 Å². The Kier molecular flexibility index (Phi) is 4.66. The van der Waals surface area contributed by atoms with Crippen LogP contribution in [-0.2, 0) is 0 Å². The van der Waals surface area contributed by atoms with Crippen LogP contribution in [0.2, 0.25) is 0 Å². The van der Waals surface area contributed by atoms with Crippen LogP contribution in [0.3, 0.4) is 0 Å². The first-order chi connectivity index (χ1) is 13.1. The molecule has 0 spiro atoms. The molecule has 1 amide bonds. The summed E-state index contributed by atoms with van der Waals surface area (Å²) in [5.41, 5.74) is 2.49. The molecule has 1 atom stereocenters. The number of piperidine rings is 1. The Hall–Kier alpha value is -3.09. The summed E-state index contributed by atoms with van der Waals surface area (Å²) in [6, 6.07) is 9.01. The number of halogens is 2. The van der Waals surface area contributed by atoms with E-state index in [0.29, 0.717) is 29.9 Å². The number of hydrogen-bond donors (Lipinski definition) is 1. The summed E-state index contributed by atoms with van der Waals surface area (Å²) in [5, 5.41) is 3.19. The highest BCUT2D eigenvalue weighted by Crippen LogP contribution is 2.20. The van der Waals surface area contributed by atoms with E-state index in [0.717, 1.165) is 30.5 Å². The molecule has 4 rings (SSSR count). The van der Waals surface area contributed by atoms with E-state index in [1.54, 1.807) is 35.5 Å². The molecule has 5 nitrogen and oxygen atoms in total.